The van der Waals surface area contributed by atoms with Gasteiger partial charge in [-0.15, -0.1) is 0 Å². The number of hydrogen-bond acceptors (Lipinski definition) is 1. The molecular weight excluding hydrogens is 322 g/mol. The second-order valence-corrected chi connectivity index (χ2v) is 6.04. The molecule has 2 aromatic rings. The minimum absolute atomic E-state index is 0.767. The summed E-state index contributed by atoms with van der Waals surface area (Å²) in [4.78, 5) is 0. The van der Waals surface area contributed by atoms with E-state index in [1.54, 1.807) is 0 Å². The Labute approximate surface area is 126 Å². The van der Waals surface area contributed by atoms with Gasteiger partial charge in [-0.25, -0.2) is 0 Å². The maximum Gasteiger partial charge on any atom is 0.0407 e. The maximum atomic E-state index is 5.87. The lowest BCUT2D eigenvalue weighted by Gasteiger charge is -2.07. The van der Waals surface area contributed by atoms with Gasteiger partial charge in [0.25, 0.3) is 0 Å². The van der Waals surface area contributed by atoms with Gasteiger partial charge in [-0.1, -0.05) is 39.7 Å². The topological polar surface area (TPSA) is 12.0 Å². The smallest absolute Gasteiger partial charge is 0.0407 e. The molecule has 0 aliphatic heterocycles. The molecule has 0 spiro atoms. The Bertz CT molecular complexity index is 632. The molecular formula is C16H13BrClN. The van der Waals surface area contributed by atoms with E-state index in [-0.39, 0.29) is 0 Å². The molecule has 0 radical (unpaired) electrons. The maximum absolute atomic E-state index is 5.87. The number of nitrogens with one attached hydrogen (secondary N) is 1. The Morgan fingerprint density at radius 2 is 1.89 bits per heavy atom. The van der Waals surface area contributed by atoms with Gasteiger partial charge in [0.15, 0.2) is 0 Å². The van der Waals surface area contributed by atoms with Crippen LogP contribution in [0.2, 0.25) is 5.02 Å². The largest absolute Gasteiger partial charge is 0.381 e. The van der Waals surface area contributed by atoms with E-state index in [0.717, 1.165) is 28.1 Å². The first-order chi connectivity index (χ1) is 9.20. The minimum atomic E-state index is 0.767. The molecule has 1 aliphatic rings. The predicted octanol–water partition coefficient (Wildman–Crippen LogP) is 5.15. The van der Waals surface area contributed by atoms with Crippen molar-refractivity contribution in [2.75, 3.05) is 11.9 Å². The average molecular weight is 335 g/mol. The van der Waals surface area contributed by atoms with Crippen molar-refractivity contribution in [1.82, 2.24) is 0 Å². The van der Waals surface area contributed by atoms with Crippen LogP contribution < -0.4 is 5.32 Å². The molecule has 0 heterocycles. The number of halogens is 2. The van der Waals surface area contributed by atoms with Crippen LogP contribution in [0.1, 0.15) is 11.1 Å². The zero-order valence-electron chi connectivity index (χ0n) is 10.3. The van der Waals surface area contributed by atoms with Gasteiger partial charge in [0.05, 0.1) is 0 Å². The monoisotopic (exact) mass is 333 g/mol. The van der Waals surface area contributed by atoms with Crippen molar-refractivity contribution in [1.29, 1.82) is 0 Å². The molecule has 96 valence electrons. The molecule has 3 rings (SSSR count). The Balaban J connectivity index is 1.65. The molecule has 0 bridgehead atoms. The number of benzene rings is 2. The van der Waals surface area contributed by atoms with Crippen LogP contribution in [0.5, 0.6) is 0 Å². The van der Waals surface area contributed by atoms with Crippen molar-refractivity contribution in [3.8, 4) is 0 Å². The van der Waals surface area contributed by atoms with Gasteiger partial charge in [-0.2, -0.15) is 0 Å². The number of fused-ring (bicyclic) bond motifs is 1. The van der Waals surface area contributed by atoms with Crippen molar-refractivity contribution in [2.45, 2.75) is 6.42 Å². The Hall–Kier alpha value is -1.25. The zero-order chi connectivity index (χ0) is 13.2. The lowest BCUT2D eigenvalue weighted by Crippen LogP contribution is -2.04. The third-order valence-corrected chi connectivity index (χ3v) is 3.99. The van der Waals surface area contributed by atoms with Crippen LogP contribution in [0.25, 0.3) is 6.08 Å². The fourth-order valence-electron chi connectivity index (χ4n) is 2.28. The van der Waals surface area contributed by atoms with Gasteiger partial charge < -0.3 is 5.32 Å². The van der Waals surface area contributed by atoms with Crippen LogP contribution in [0.4, 0.5) is 5.69 Å². The van der Waals surface area contributed by atoms with Crippen molar-refractivity contribution < 1.29 is 0 Å². The van der Waals surface area contributed by atoms with Gasteiger partial charge in [-0.05, 0) is 59.5 Å². The summed E-state index contributed by atoms with van der Waals surface area (Å²) in [7, 11) is 0. The first-order valence-electron chi connectivity index (χ1n) is 6.18. The van der Waals surface area contributed by atoms with Gasteiger partial charge in [-0.3, -0.25) is 0 Å². The molecule has 1 N–H and O–H groups in total. The van der Waals surface area contributed by atoms with E-state index in [1.807, 2.05) is 24.3 Å². The van der Waals surface area contributed by atoms with Crippen molar-refractivity contribution in [3.05, 3.63) is 68.7 Å². The van der Waals surface area contributed by atoms with E-state index in [4.69, 9.17) is 11.6 Å². The highest BCUT2D eigenvalue weighted by atomic mass is 79.9. The van der Waals surface area contributed by atoms with Gasteiger partial charge in [0, 0.05) is 21.7 Å². The summed E-state index contributed by atoms with van der Waals surface area (Å²) >= 11 is 9.39. The number of rotatable bonds is 3. The quantitative estimate of drug-likeness (QED) is 0.818. The number of anilines is 1. The Kier molecular flexibility index (Phi) is 3.63. The summed E-state index contributed by atoms with van der Waals surface area (Å²) in [5, 5.41) is 4.19. The van der Waals surface area contributed by atoms with Gasteiger partial charge in [0.1, 0.15) is 0 Å². The Morgan fingerprint density at radius 3 is 2.68 bits per heavy atom. The number of hydrogen-bond donors (Lipinski definition) is 1. The molecule has 0 fully saturated rings. The van der Waals surface area contributed by atoms with Crippen LogP contribution in [0, 0.1) is 0 Å². The average Bonchev–Trinajstić information content (AvgIpc) is 2.80. The minimum Gasteiger partial charge on any atom is -0.381 e. The van der Waals surface area contributed by atoms with E-state index in [1.165, 1.54) is 16.7 Å². The molecule has 0 unspecified atom stereocenters. The molecule has 0 amide bonds. The van der Waals surface area contributed by atoms with E-state index >= 15 is 0 Å². The molecule has 0 atom stereocenters. The molecule has 0 saturated heterocycles. The van der Waals surface area contributed by atoms with E-state index < -0.39 is 0 Å². The highest BCUT2D eigenvalue weighted by Gasteiger charge is 2.12. The van der Waals surface area contributed by atoms with Crippen LogP contribution in [0.15, 0.2) is 52.5 Å². The van der Waals surface area contributed by atoms with Crippen LogP contribution in [-0.4, -0.2) is 6.54 Å². The summed E-state index contributed by atoms with van der Waals surface area (Å²) in [5.41, 5.74) is 5.23. The first kappa shape index (κ1) is 12.8. The lowest BCUT2D eigenvalue weighted by atomic mass is 10.1. The molecule has 1 aliphatic carbocycles. The molecule has 1 nitrogen and oxygen atoms in total. The highest BCUT2D eigenvalue weighted by Crippen LogP contribution is 2.28. The fourth-order valence-corrected chi connectivity index (χ4v) is 2.82. The Morgan fingerprint density at radius 1 is 1.11 bits per heavy atom. The zero-order valence-corrected chi connectivity index (χ0v) is 12.6. The predicted molar refractivity (Wildman–Crippen MR) is 85.8 cm³/mol. The van der Waals surface area contributed by atoms with Crippen LogP contribution in [-0.2, 0) is 6.42 Å². The standard InChI is InChI=1S/C16H13BrClN/c17-14-2-1-12-7-11(8-13(12)9-14)10-19-16-5-3-15(18)4-6-16/h1-7,9,19H,8,10H2. The summed E-state index contributed by atoms with van der Waals surface area (Å²) in [6.07, 6.45) is 3.29. The second-order valence-electron chi connectivity index (χ2n) is 4.68. The molecule has 2 aromatic carbocycles. The highest BCUT2D eigenvalue weighted by molar-refractivity contribution is 9.10. The lowest BCUT2D eigenvalue weighted by molar-refractivity contribution is 1.11. The van der Waals surface area contributed by atoms with Crippen molar-refractivity contribution >= 4 is 39.3 Å². The fraction of sp³-hybridized carbons (Fsp3) is 0.125. The van der Waals surface area contributed by atoms with Crippen LogP contribution >= 0.6 is 27.5 Å². The molecule has 0 aromatic heterocycles. The van der Waals surface area contributed by atoms with Crippen molar-refractivity contribution in [3.63, 3.8) is 0 Å². The SMILES string of the molecule is Clc1ccc(NCC2=Cc3ccc(Br)cc3C2)cc1. The van der Waals surface area contributed by atoms with Crippen LogP contribution in [0.3, 0.4) is 0 Å². The first-order valence-corrected chi connectivity index (χ1v) is 7.35. The van der Waals surface area contributed by atoms with E-state index in [2.05, 4.69) is 45.5 Å². The van der Waals surface area contributed by atoms with Gasteiger partial charge >= 0.3 is 0 Å². The van der Waals surface area contributed by atoms with E-state index in [9.17, 15) is 0 Å². The summed E-state index contributed by atoms with van der Waals surface area (Å²) in [5.74, 6) is 0. The van der Waals surface area contributed by atoms with Gasteiger partial charge in [0.2, 0.25) is 0 Å². The molecule has 3 heteroatoms. The third-order valence-electron chi connectivity index (χ3n) is 3.25. The molecule has 19 heavy (non-hydrogen) atoms. The normalized spacial score (nSPS) is 13.1. The summed E-state index contributed by atoms with van der Waals surface area (Å²) in [6, 6.07) is 14.3. The second kappa shape index (κ2) is 5.40. The van der Waals surface area contributed by atoms with E-state index in [0.29, 0.717) is 0 Å². The molecule has 0 saturated carbocycles. The third kappa shape index (κ3) is 3.02. The van der Waals surface area contributed by atoms with Crippen molar-refractivity contribution in [2.24, 2.45) is 0 Å². The summed E-state index contributed by atoms with van der Waals surface area (Å²) in [6.45, 7) is 0.869. The summed E-state index contributed by atoms with van der Waals surface area (Å²) < 4.78 is 1.14.